The van der Waals surface area contributed by atoms with E-state index in [2.05, 4.69) is 0 Å². The van der Waals surface area contributed by atoms with Gasteiger partial charge in [0.2, 0.25) is 0 Å². The van der Waals surface area contributed by atoms with Crippen LogP contribution in [0.15, 0.2) is 77.6 Å². The number of benzene rings is 3. The van der Waals surface area contributed by atoms with Crippen LogP contribution in [0.4, 0.5) is 8.78 Å². The number of hydrogen-bond acceptors (Lipinski definition) is 5. The molecular formula is C33H31F2N2O5-. The Morgan fingerprint density at radius 3 is 2.14 bits per heavy atom. The molecule has 2 N–H and O–H groups in total. The smallest absolute Gasteiger partial charge is 0.280 e. The van der Waals surface area contributed by atoms with Crippen molar-refractivity contribution in [1.29, 1.82) is 0 Å². The number of halogens is 2. The second kappa shape index (κ2) is 11.9. The average molecular weight is 574 g/mol. The molecule has 9 heteroatoms. The highest BCUT2D eigenvalue weighted by Gasteiger charge is 2.27. The lowest BCUT2D eigenvalue weighted by Crippen LogP contribution is -2.29. The van der Waals surface area contributed by atoms with E-state index < -0.39 is 36.2 Å². The van der Waals surface area contributed by atoms with Gasteiger partial charge in [0.05, 0.1) is 17.7 Å². The van der Waals surface area contributed by atoms with E-state index in [0.29, 0.717) is 27.7 Å². The quantitative estimate of drug-likeness (QED) is 0.253. The number of rotatable bonds is 10. The number of aliphatic hydroxyl groups excluding tert-OH is 2. The zero-order chi connectivity index (χ0) is 30.1. The molecule has 0 bridgehead atoms. The SMILES string of the molecule is CC(C)n1c(CC[C@@H](O)C[C@@H](O)CC(=O)[O-])c(-c2ccc(F)cc2)c2c3ccccc3n(-c3ccc(F)cc3)c(=O)c21. The molecule has 5 rings (SSSR count). The van der Waals surface area contributed by atoms with Gasteiger partial charge in [-0.15, -0.1) is 0 Å². The number of aliphatic carboxylic acids is 1. The normalized spacial score (nSPS) is 13.2. The van der Waals surface area contributed by atoms with E-state index in [-0.39, 0.29) is 30.9 Å². The van der Waals surface area contributed by atoms with Gasteiger partial charge in [0.15, 0.2) is 0 Å². The van der Waals surface area contributed by atoms with Crippen LogP contribution in [-0.4, -0.2) is 37.5 Å². The summed E-state index contributed by atoms with van der Waals surface area (Å²) < 4.78 is 31.3. The van der Waals surface area contributed by atoms with Gasteiger partial charge in [-0.05, 0) is 81.1 Å². The maximum Gasteiger partial charge on any atom is 0.280 e. The van der Waals surface area contributed by atoms with Crippen LogP contribution >= 0.6 is 0 Å². The Morgan fingerprint density at radius 2 is 1.52 bits per heavy atom. The van der Waals surface area contributed by atoms with Crippen molar-refractivity contribution in [2.24, 2.45) is 0 Å². The molecule has 3 aromatic carbocycles. The Labute approximate surface area is 240 Å². The topological polar surface area (TPSA) is 108 Å². The second-order valence-electron chi connectivity index (χ2n) is 10.8. The Morgan fingerprint density at radius 1 is 0.905 bits per heavy atom. The number of fused-ring (bicyclic) bond motifs is 3. The summed E-state index contributed by atoms with van der Waals surface area (Å²) in [5.74, 6) is -2.24. The molecule has 2 aromatic heterocycles. The highest BCUT2D eigenvalue weighted by Crippen LogP contribution is 2.41. The highest BCUT2D eigenvalue weighted by molar-refractivity contribution is 6.14. The minimum atomic E-state index is -1.41. The Balaban J connectivity index is 1.80. The van der Waals surface area contributed by atoms with E-state index in [9.17, 15) is 33.7 Å². The molecule has 0 aliphatic carbocycles. The van der Waals surface area contributed by atoms with E-state index in [1.807, 2.05) is 42.7 Å². The van der Waals surface area contributed by atoms with Gasteiger partial charge in [-0.3, -0.25) is 9.36 Å². The number of aromatic nitrogens is 2. The van der Waals surface area contributed by atoms with Gasteiger partial charge in [0.1, 0.15) is 17.2 Å². The van der Waals surface area contributed by atoms with Crippen molar-refractivity contribution in [3.05, 3.63) is 100 Å². The molecule has 0 fully saturated rings. The summed E-state index contributed by atoms with van der Waals surface area (Å²) in [6, 6.07) is 18.9. The van der Waals surface area contributed by atoms with Crippen molar-refractivity contribution in [2.45, 2.75) is 57.8 Å². The molecule has 2 heterocycles. The Bertz CT molecular complexity index is 1810. The Kier molecular flexibility index (Phi) is 8.24. The number of para-hydroxylation sites is 1. The van der Waals surface area contributed by atoms with Crippen LogP contribution in [0.3, 0.4) is 0 Å². The fraction of sp³-hybridized carbons (Fsp3) is 0.273. The van der Waals surface area contributed by atoms with E-state index in [0.717, 1.165) is 16.6 Å². The first-order valence-corrected chi connectivity index (χ1v) is 13.8. The van der Waals surface area contributed by atoms with Crippen molar-refractivity contribution < 1.29 is 28.9 Å². The predicted molar refractivity (Wildman–Crippen MR) is 155 cm³/mol. The summed E-state index contributed by atoms with van der Waals surface area (Å²) in [5.41, 5.74) is 3.35. The van der Waals surface area contributed by atoms with E-state index in [1.165, 1.54) is 24.3 Å². The first-order chi connectivity index (χ1) is 20.1. The van der Waals surface area contributed by atoms with Gasteiger partial charge in [-0.2, -0.15) is 0 Å². The molecular weight excluding hydrogens is 542 g/mol. The lowest BCUT2D eigenvalue weighted by atomic mass is 9.96. The third-order valence-corrected chi connectivity index (χ3v) is 7.52. The molecule has 0 saturated heterocycles. The minimum Gasteiger partial charge on any atom is -0.550 e. The molecule has 0 aliphatic rings. The van der Waals surface area contributed by atoms with E-state index >= 15 is 0 Å². The Hall–Kier alpha value is -4.34. The number of nitrogens with zero attached hydrogens (tertiary/aromatic N) is 2. The highest BCUT2D eigenvalue weighted by atomic mass is 19.1. The summed E-state index contributed by atoms with van der Waals surface area (Å²) >= 11 is 0. The van der Waals surface area contributed by atoms with Crippen molar-refractivity contribution >= 4 is 27.8 Å². The van der Waals surface area contributed by atoms with Crippen LogP contribution in [0.2, 0.25) is 0 Å². The van der Waals surface area contributed by atoms with Crippen LogP contribution in [-0.2, 0) is 11.2 Å². The minimum absolute atomic E-state index is 0.151. The van der Waals surface area contributed by atoms with Gasteiger partial charge in [0, 0.05) is 46.1 Å². The molecule has 5 aromatic rings. The number of pyridine rings is 1. The largest absolute Gasteiger partial charge is 0.550 e. The molecule has 0 amide bonds. The van der Waals surface area contributed by atoms with Crippen LogP contribution in [0.1, 0.15) is 44.8 Å². The number of carbonyl (C=O) groups is 1. The summed E-state index contributed by atoms with van der Waals surface area (Å²) in [6.45, 7) is 3.88. The van der Waals surface area contributed by atoms with Crippen LogP contribution in [0.25, 0.3) is 38.6 Å². The van der Waals surface area contributed by atoms with Crippen molar-refractivity contribution in [1.82, 2.24) is 9.13 Å². The van der Waals surface area contributed by atoms with Gasteiger partial charge in [-0.1, -0.05) is 30.3 Å². The molecule has 0 spiro atoms. The molecule has 2 atom stereocenters. The summed E-state index contributed by atoms with van der Waals surface area (Å²) in [7, 11) is 0. The molecule has 0 saturated carbocycles. The zero-order valence-corrected chi connectivity index (χ0v) is 23.3. The average Bonchev–Trinajstić information content (AvgIpc) is 3.29. The van der Waals surface area contributed by atoms with Crippen molar-refractivity contribution in [2.75, 3.05) is 0 Å². The molecule has 42 heavy (non-hydrogen) atoms. The van der Waals surface area contributed by atoms with Gasteiger partial charge in [0.25, 0.3) is 5.56 Å². The second-order valence-corrected chi connectivity index (χ2v) is 10.8. The lowest BCUT2D eigenvalue weighted by Gasteiger charge is -2.19. The monoisotopic (exact) mass is 573 g/mol. The van der Waals surface area contributed by atoms with Gasteiger partial charge < -0.3 is 24.7 Å². The van der Waals surface area contributed by atoms with Gasteiger partial charge >= 0.3 is 0 Å². The molecule has 0 radical (unpaired) electrons. The first-order valence-electron chi connectivity index (χ1n) is 13.8. The zero-order valence-electron chi connectivity index (χ0n) is 23.3. The first kappa shape index (κ1) is 29.2. The van der Waals surface area contributed by atoms with Gasteiger partial charge in [-0.25, -0.2) is 8.78 Å². The van der Waals surface area contributed by atoms with Crippen LogP contribution in [0.5, 0.6) is 0 Å². The van der Waals surface area contributed by atoms with Crippen LogP contribution < -0.4 is 10.7 Å². The third-order valence-electron chi connectivity index (χ3n) is 7.52. The number of carboxylic acid groups (broad SMARTS) is 1. The third kappa shape index (κ3) is 5.57. The summed E-state index contributed by atoms with van der Waals surface area (Å²) in [6.07, 6.45) is -2.56. The van der Waals surface area contributed by atoms with Crippen molar-refractivity contribution in [3.63, 3.8) is 0 Å². The number of carboxylic acids is 1. The molecule has 218 valence electrons. The number of aliphatic hydroxyl groups is 2. The fourth-order valence-corrected chi connectivity index (χ4v) is 5.81. The maximum atomic E-state index is 14.4. The van der Waals surface area contributed by atoms with E-state index in [4.69, 9.17) is 0 Å². The maximum absolute atomic E-state index is 14.4. The molecule has 0 aliphatic heterocycles. The van der Waals surface area contributed by atoms with E-state index in [1.54, 1.807) is 28.8 Å². The fourth-order valence-electron chi connectivity index (χ4n) is 5.81. The number of hydrogen-bond donors (Lipinski definition) is 2. The lowest BCUT2D eigenvalue weighted by molar-refractivity contribution is -0.307. The molecule has 7 nitrogen and oxygen atoms in total. The standard InChI is InChI=1S/C33H32F2N2O5/c1-19(2)36-28(16-15-24(38)17-25(39)18-29(40)41)30(20-7-9-21(34)10-8-20)31-26-5-3-4-6-27(26)37(33(42)32(31)36)23-13-11-22(35)12-14-23/h3-14,19,24-25,38-39H,15-18H2,1-2H3,(H,40,41)/p-1/t24-,25-/m1/s1. The summed E-state index contributed by atoms with van der Waals surface area (Å²) in [4.78, 5) is 25.3. The van der Waals surface area contributed by atoms with Crippen molar-refractivity contribution in [3.8, 4) is 16.8 Å². The number of carbonyl (C=O) groups excluding carboxylic acids is 1. The molecule has 0 unspecified atom stereocenters. The van der Waals surface area contributed by atoms with Crippen LogP contribution in [0, 0.1) is 11.6 Å². The summed E-state index contributed by atoms with van der Waals surface area (Å²) in [5, 5.41) is 33.0. The predicted octanol–water partition coefficient (Wildman–Crippen LogP) is 4.66.